The molecule has 0 unspecified atom stereocenters. The van der Waals surface area contributed by atoms with E-state index in [2.05, 4.69) is 20.9 Å². The highest BCUT2D eigenvalue weighted by Gasteiger charge is 2.32. The molecule has 4 rings (SSSR count). The van der Waals surface area contributed by atoms with Gasteiger partial charge in [-0.05, 0) is 59.1 Å². The first kappa shape index (κ1) is 24.0. The molecule has 0 fully saturated rings. The minimum atomic E-state index is -0.631. The highest BCUT2D eigenvalue weighted by molar-refractivity contribution is 9.10. The van der Waals surface area contributed by atoms with Gasteiger partial charge in [0.1, 0.15) is 0 Å². The molecule has 1 atom stereocenters. The molecule has 0 saturated heterocycles. The smallest absolute Gasteiger partial charge is 0.338 e. The molecule has 1 aliphatic rings. The van der Waals surface area contributed by atoms with Gasteiger partial charge in [-0.1, -0.05) is 41.7 Å². The van der Waals surface area contributed by atoms with Gasteiger partial charge in [-0.3, -0.25) is 9.36 Å². The van der Waals surface area contributed by atoms with E-state index in [4.69, 9.17) is 14.2 Å². The van der Waals surface area contributed by atoms with E-state index >= 15 is 0 Å². The van der Waals surface area contributed by atoms with Crippen molar-refractivity contribution in [1.29, 1.82) is 0 Å². The second kappa shape index (κ2) is 9.99. The number of methoxy groups -OCH3 is 2. The fraction of sp³-hybridized carbons (Fsp3) is 0.240. The maximum atomic E-state index is 13.6. The molecule has 2 aromatic carbocycles. The quantitative estimate of drug-likeness (QED) is 0.445. The number of fused-ring (bicyclic) bond motifs is 1. The van der Waals surface area contributed by atoms with Crippen molar-refractivity contribution in [3.05, 3.63) is 89.0 Å². The number of esters is 1. The minimum absolute atomic E-state index is 0.239. The van der Waals surface area contributed by atoms with Crippen LogP contribution in [-0.2, 0) is 9.53 Å². The molecule has 34 heavy (non-hydrogen) atoms. The van der Waals surface area contributed by atoms with Crippen LogP contribution in [0.4, 0.5) is 0 Å². The van der Waals surface area contributed by atoms with Crippen LogP contribution in [-0.4, -0.2) is 31.4 Å². The zero-order valence-corrected chi connectivity index (χ0v) is 21.5. The molecule has 0 amide bonds. The lowest BCUT2D eigenvalue weighted by atomic mass is 9.96. The molecule has 0 saturated carbocycles. The van der Waals surface area contributed by atoms with Crippen LogP contribution >= 0.6 is 27.3 Å². The molecule has 3 aromatic rings. The van der Waals surface area contributed by atoms with Gasteiger partial charge in [0.25, 0.3) is 5.56 Å². The average molecular weight is 543 g/mol. The summed E-state index contributed by atoms with van der Waals surface area (Å²) in [6, 6.07) is 12.5. The van der Waals surface area contributed by atoms with E-state index in [0.717, 1.165) is 11.1 Å². The van der Waals surface area contributed by atoms with E-state index < -0.39 is 12.0 Å². The first-order valence-electron chi connectivity index (χ1n) is 10.6. The van der Waals surface area contributed by atoms with Crippen LogP contribution in [0.15, 0.2) is 68.0 Å². The lowest BCUT2D eigenvalue weighted by Gasteiger charge is -2.24. The van der Waals surface area contributed by atoms with Gasteiger partial charge in [-0.2, -0.15) is 0 Å². The predicted molar refractivity (Wildman–Crippen MR) is 134 cm³/mol. The molecule has 0 bridgehead atoms. The Kier molecular flexibility index (Phi) is 7.04. The van der Waals surface area contributed by atoms with Gasteiger partial charge in [-0.15, -0.1) is 0 Å². The summed E-state index contributed by atoms with van der Waals surface area (Å²) in [7, 11) is 2.90. The summed E-state index contributed by atoms with van der Waals surface area (Å²) in [5, 5.41) is 0. The van der Waals surface area contributed by atoms with E-state index in [0.29, 0.717) is 43.2 Å². The first-order chi connectivity index (χ1) is 16.4. The summed E-state index contributed by atoms with van der Waals surface area (Å²) in [4.78, 5) is 31.4. The molecule has 0 aliphatic carbocycles. The van der Waals surface area contributed by atoms with E-state index in [1.165, 1.54) is 18.4 Å². The lowest BCUT2D eigenvalue weighted by Crippen LogP contribution is -2.39. The Balaban J connectivity index is 1.94. The Morgan fingerprint density at radius 1 is 1.24 bits per heavy atom. The second-order valence-electron chi connectivity index (χ2n) is 7.45. The standard InChI is InChI=1S/C25H23BrN2O5S/c1-5-33-18-12-15(11-17(26)22(18)31-3)13-19-23(29)28-21(16-9-7-6-8-10-16)20(24(30)32-4)14(2)27-25(28)34-19/h6-13,21H,5H2,1-4H3/b19-13-/t21-/m0/s1. The van der Waals surface area contributed by atoms with Gasteiger partial charge in [0.2, 0.25) is 0 Å². The van der Waals surface area contributed by atoms with Gasteiger partial charge in [-0.25, -0.2) is 9.79 Å². The molecular formula is C25H23BrN2O5S. The molecule has 0 N–H and O–H groups in total. The number of carbonyl (C=O) groups is 1. The molecule has 0 radical (unpaired) electrons. The SMILES string of the molecule is CCOc1cc(/C=c2\sc3n(c2=O)[C@@H](c2ccccc2)C(C(=O)OC)=C(C)N=3)cc(Br)c1OC. The Morgan fingerprint density at radius 2 is 1.97 bits per heavy atom. The van der Waals surface area contributed by atoms with Crippen molar-refractivity contribution in [1.82, 2.24) is 4.57 Å². The summed E-state index contributed by atoms with van der Waals surface area (Å²) in [6.45, 7) is 4.12. The third kappa shape index (κ3) is 4.33. The van der Waals surface area contributed by atoms with Crippen LogP contribution in [0.3, 0.4) is 0 Å². The van der Waals surface area contributed by atoms with Crippen LogP contribution in [0.2, 0.25) is 0 Å². The van der Waals surface area contributed by atoms with Crippen LogP contribution < -0.4 is 24.4 Å². The first-order valence-corrected chi connectivity index (χ1v) is 12.2. The van der Waals surface area contributed by atoms with Crippen molar-refractivity contribution in [3.8, 4) is 11.5 Å². The maximum Gasteiger partial charge on any atom is 0.338 e. The predicted octanol–water partition coefficient (Wildman–Crippen LogP) is 3.58. The summed E-state index contributed by atoms with van der Waals surface area (Å²) < 4.78 is 18.9. The van der Waals surface area contributed by atoms with Crippen molar-refractivity contribution >= 4 is 39.3 Å². The fourth-order valence-corrected chi connectivity index (χ4v) is 5.60. The van der Waals surface area contributed by atoms with Gasteiger partial charge in [0.05, 0.1) is 47.1 Å². The molecular weight excluding hydrogens is 520 g/mol. The van der Waals surface area contributed by atoms with Gasteiger partial charge >= 0.3 is 5.97 Å². The van der Waals surface area contributed by atoms with Crippen molar-refractivity contribution in [2.24, 2.45) is 4.99 Å². The number of hydrogen-bond donors (Lipinski definition) is 0. The number of carbonyl (C=O) groups excluding carboxylic acids is 1. The number of allylic oxidation sites excluding steroid dienone is 1. The van der Waals surface area contributed by atoms with Gasteiger partial charge < -0.3 is 14.2 Å². The summed E-state index contributed by atoms with van der Waals surface area (Å²) in [5.41, 5.74) is 2.20. The summed E-state index contributed by atoms with van der Waals surface area (Å²) >= 11 is 4.79. The number of aromatic nitrogens is 1. The zero-order valence-electron chi connectivity index (χ0n) is 19.1. The molecule has 1 aromatic heterocycles. The van der Waals surface area contributed by atoms with Crippen LogP contribution in [0.5, 0.6) is 11.5 Å². The Hall–Kier alpha value is -3.17. The van der Waals surface area contributed by atoms with Crippen LogP contribution in [0, 0.1) is 0 Å². The maximum absolute atomic E-state index is 13.6. The number of nitrogens with zero attached hydrogens (tertiary/aromatic N) is 2. The summed E-state index contributed by atoms with van der Waals surface area (Å²) in [5.74, 6) is 0.650. The number of thiazole rings is 1. The molecule has 176 valence electrons. The average Bonchev–Trinajstić information content (AvgIpc) is 3.12. The Labute approximate surface area is 208 Å². The molecule has 9 heteroatoms. The van der Waals surface area contributed by atoms with Crippen molar-refractivity contribution in [2.45, 2.75) is 19.9 Å². The van der Waals surface area contributed by atoms with Crippen molar-refractivity contribution < 1.29 is 19.0 Å². The molecule has 7 nitrogen and oxygen atoms in total. The summed E-state index contributed by atoms with van der Waals surface area (Å²) in [6.07, 6.45) is 1.79. The number of halogens is 1. The Bertz CT molecular complexity index is 1460. The third-order valence-electron chi connectivity index (χ3n) is 5.38. The van der Waals surface area contributed by atoms with Gasteiger partial charge in [0, 0.05) is 0 Å². The molecule has 1 aliphatic heterocycles. The number of hydrogen-bond acceptors (Lipinski definition) is 7. The van der Waals surface area contributed by atoms with E-state index in [9.17, 15) is 9.59 Å². The fourth-order valence-electron chi connectivity index (χ4n) is 3.93. The highest BCUT2D eigenvalue weighted by atomic mass is 79.9. The normalized spacial score (nSPS) is 15.6. The lowest BCUT2D eigenvalue weighted by molar-refractivity contribution is -0.136. The Morgan fingerprint density at radius 3 is 2.62 bits per heavy atom. The third-order valence-corrected chi connectivity index (χ3v) is 6.95. The molecule has 0 spiro atoms. The van der Waals surface area contributed by atoms with E-state index in [1.807, 2.05) is 49.4 Å². The zero-order chi connectivity index (χ0) is 24.4. The van der Waals surface area contributed by atoms with Crippen molar-refractivity contribution in [3.63, 3.8) is 0 Å². The number of benzene rings is 2. The second-order valence-corrected chi connectivity index (χ2v) is 9.31. The minimum Gasteiger partial charge on any atom is -0.492 e. The largest absolute Gasteiger partial charge is 0.492 e. The van der Waals surface area contributed by atoms with Crippen LogP contribution in [0.25, 0.3) is 6.08 Å². The highest BCUT2D eigenvalue weighted by Crippen LogP contribution is 2.37. The monoisotopic (exact) mass is 542 g/mol. The van der Waals surface area contributed by atoms with E-state index in [1.54, 1.807) is 24.7 Å². The van der Waals surface area contributed by atoms with E-state index in [-0.39, 0.29) is 5.56 Å². The van der Waals surface area contributed by atoms with Gasteiger partial charge in [0.15, 0.2) is 16.3 Å². The van der Waals surface area contributed by atoms with Crippen molar-refractivity contribution in [2.75, 3.05) is 20.8 Å². The molecule has 2 heterocycles. The van der Waals surface area contributed by atoms with Crippen LogP contribution in [0.1, 0.15) is 31.0 Å². The number of rotatable bonds is 6. The topological polar surface area (TPSA) is 79.1 Å². The number of ether oxygens (including phenoxy) is 3.